The van der Waals surface area contributed by atoms with Crippen molar-refractivity contribution >= 4 is 38.7 Å². The standard InChI is InChI=1S/C30H40FN5O4S/c1-29(31)8-13-36(20-29)26-18-22(17-21-5-12-34(2)27(21)26)28(38)33-24-4-3-23(41(39,40)32-11-16-37)19-25(24)35-14-9-30(6-7-30)10-15-35/h3-4,17-19,32,37H,5-16,20H2,1-2H3,(H,33,38). The van der Waals surface area contributed by atoms with Crippen molar-refractivity contribution in [1.29, 1.82) is 0 Å². The number of likely N-dealkylation sites (N-methyl/N-ethyl adjacent to an activating group) is 1. The van der Waals surface area contributed by atoms with Crippen LogP contribution in [0.25, 0.3) is 0 Å². The van der Waals surface area contributed by atoms with E-state index >= 15 is 0 Å². The Morgan fingerprint density at radius 2 is 1.73 bits per heavy atom. The smallest absolute Gasteiger partial charge is 0.255 e. The minimum atomic E-state index is -3.82. The van der Waals surface area contributed by atoms with E-state index in [1.165, 1.54) is 18.9 Å². The zero-order chi connectivity index (χ0) is 29.0. The van der Waals surface area contributed by atoms with Gasteiger partial charge in [-0.15, -0.1) is 0 Å². The topological polar surface area (TPSA) is 105 Å². The van der Waals surface area contributed by atoms with E-state index in [9.17, 15) is 17.6 Å². The average molecular weight is 586 g/mol. The maximum atomic E-state index is 14.8. The number of benzene rings is 2. The fourth-order valence-electron chi connectivity index (χ4n) is 6.61. The molecule has 4 aliphatic rings. The van der Waals surface area contributed by atoms with Crippen LogP contribution < -0.4 is 24.7 Å². The molecule has 41 heavy (non-hydrogen) atoms. The third kappa shape index (κ3) is 5.63. The van der Waals surface area contributed by atoms with E-state index in [0.29, 0.717) is 41.9 Å². The van der Waals surface area contributed by atoms with Crippen LogP contribution in [0.4, 0.5) is 27.1 Å². The molecule has 2 saturated heterocycles. The second kappa shape index (κ2) is 10.4. The molecule has 2 aromatic rings. The van der Waals surface area contributed by atoms with E-state index in [2.05, 4.69) is 19.8 Å². The van der Waals surface area contributed by atoms with Crippen molar-refractivity contribution in [2.24, 2.45) is 5.41 Å². The SMILES string of the molecule is CN1CCc2cc(C(=O)Nc3ccc(S(=O)(=O)NCCO)cc3N3CCC4(CC3)CC4)cc(N3CCC(C)(F)C3)c21. The van der Waals surface area contributed by atoms with E-state index in [-0.39, 0.29) is 24.0 Å². The van der Waals surface area contributed by atoms with E-state index in [1.54, 1.807) is 19.1 Å². The Morgan fingerprint density at radius 1 is 1.00 bits per heavy atom. The number of carbonyl (C=O) groups is 1. The highest BCUT2D eigenvalue weighted by Crippen LogP contribution is 2.54. The van der Waals surface area contributed by atoms with E-state index in [0.717, 1.165) is 55.8 Å². The van der Waals surface area contributed by atoms with Crippen LogP contribution >= 0.6 is 0 Å². The molecule has 1 unspecified atom stereocenters. The van der Waals surface area contributed by atoms with Crippen LogP contribution in [-0.2, 0) is 16.4 Å². The Bertz CT molecular complexity index is 1450. The first-order valence-corrected chi connectivity index (χ1v) is 16.1. The molecule has 1 amide bonds. The zero-order valence-corrected chi connectivity index (χ0v) is 24.7. The lowest BCUT2D eigenvalue weighted by Gasteiger charge is -2.35. The van der Waals surface area contributed by atoms with Gasteiger partial charge in [-0.2, -0.15) is 0 Å². The first-order chi connectivity index (χ1) is 19.5. The van der Waals surface area contributed by atoms with Crippen molar-refractivity contribution in [1.82, 2.24) is 4.72 Å². The molecule has 0 aromatic heterocycles. The summed E-state index contributed by atoms with van der Waals surface area (Å²) in [7, 11) is -1.79. The van der Waals surface area contributed by atoms with Gasteiger partial charge < -0.3 is 25.1 Å². The van der Waals surface area contributed by atoms with Gasteiger partial charge in [0.05, 0.1) is 40.8 Å². The minimum Gasteiger partial charge on any atom is -0.395 e. The molecule has 9 nitrogen and oxygen atoms in total. The number of sulfonamides is 1. The molecular weight excluding hydrogens is 545 g/mol. The number of anilines is 4. The first-order valence-electron chi connectivity index (χ1n) is 14.6. The molecule has 1 spiro atoms. The van der Waals surface area contributed by atoms with Crippen LogP contribution in [0, 0.1) is 5.41 Å². The minimum absolute atomic E-state index is 0.0726. The fourth-order valence-corrected chi connectivity index (χ4v) is 7.65. The van der Waals surface area contributed by atoms with Gasteiger partial charge in [-0.05, 0) is 80.3 Å². The number of piperidine rings is 1. The number of rotatable bonds is 8. The molecule has 2 aromatic carbocycles. The quantitative estimate of drug-likeness (QED) is 0.436. The van der Waals surface area contributed by atoms with Crippen molar-refractivity contribution in [3.05, 3.63) is 41.5 Å². The van der Waals surface area contributed by atoms with Gasteiger partial charge in [0.2, 0.25) is 10.0 Å². The molecule has 3 fully saturated rings. The lowest BCUT2D eigenvalue weighted by atomic mass is 9.93. The van der Waals surface area contributed by atoms with Crippen LogP contribution in [-0.4, -0.2) is 78.0 Å². The molecule has 3 aliphatic heterocycles. The summed E-state index contributed by atoms with van der Waals surface area (Å²) in [4.78, 5) is 20.2. The number of hydrogen-bond acceptors (Lipinski definition) is 7. The highest BCUT2D eigenvalue weighted by atomic mass is 32.2. The fraction of sp³-hybridized carbons (Fsp3) is 0.567. The summed E-state index contributed by atoms with van der Waals surface area (Å²) in [6.45, 7) is 4.58. The Balaban J connectivity index is 1.32. The maximum Gasteiger partial charge on any atom is 0.255 e. The molecule has 3 N–H and O–H groups in total. The van der Waals surface area contributed by atoms with Crippen molar-refractivity contribution in [3.63, 3.8) is 0 Å². The molecule has 1 aliphatic carbocycles. The van der Waals surface area contributed by atoms with E-state index in [1.807, 2.05) is 24.1 Å². The number of aliphatic hydroxyl groups is 1. The Labute approximate surface area is 241 Å². The van der Waals surface area contributed by atoms with Gasteiger partial charge in [-0.1, -0.05) is 0 Å². The lowest BCUT2D eigenvalue weighted by Crippen LogP contribution is -2.35. The summed E-state index contributed by atoms with van der Waals surface area (Å²) in [5.74, 6) is -0.281. The number of fused-ring (bicyclic) bond motifs is 1. The highest BCUT2D eigenvalue weighted by Gasteiger charge is 2.44. The Kier molecular flexibility index (Phi) is 7.18. The molecule has 222 valence electrons. The van der Waals surface area contributed by atoms with Gasteiger partial charge in [-0.25, -0.2) is 17.5 Å². The monoisotopic (exact) mass is 585 g/mol. The Morgan fingerprint density at radius 3 is 2.39 bits per heavy atom. The van der Waals surface area contributed by atoms with Gasteiger partial charge >= 0.3 is 0 Å². The zero-order valence-electron chi connectivity index (χ0n) is 23.9. The molecule has 0 radical (unpaired) electrons. The van der Waals surface area contributed by atoms with Crippen molar-refractivity contribution in [3.8, 4) is 0 Å². The van der Waals surface area contributed by atoms with Crippen molar-refractivity contribution in [2.45, 2.75) is 56.0 Å². The van der Waals surface area contributed by atoms with Gasteiger partial charge in [-0.3, -0.25) is 4.79 Å². The molecule has 1 atom stereocenters. The number of hydrogen-bond donors (Lipinski definition) is 3. The third-order valence-corrected chi connectivity index (χ3v) is 10.8. The van der Waals surface area contributed by atoms with Crippen LogP contribution in [0.15, 0.2) is 35.2 Å². The number of aliphatic hydroxyl groups excluding tert-OH is 1. The summed E-state index contributed by atoms with van der Waals surface area (Å²) in [6, 6.07) is 8.55. The van der Waals surface area contributed by atoms with Gasteiger partial charge in [0.1, 0.15) is 5.67 Å². The van der Waals surface area contributed by atoms with Crippen LogP contribution in [0.5, 0.6) is 0 Å². The van der Waals surface area contributed by atoms with Crippen molar-refractivity contribution in [2.75, 3.05) is 72.9 Å². The van der Waals surface area contributed by atoms with Gasteiger partial charge in [0.15, 0.2) is 0 Å². The van der Waals surface area contributed by atoms with Gasteiger partial charge in [0.25, 0.3) is 5.91 Å². The largest absolute Gasteiger partial charge is 0.395 e. The molecule has 6 rings (SSSR count). The normalized spacial score (nSPS) is 23.3. The maximum absolute atomic E-state index is 14.8. The van der Waals surface area contributed by atoms with E-state index < -0.39 is 15.7 Å². The average Bonchev–Trinajstić information content (AvgIpc) is 3.44. The summed E-state index contributed by atoms with van der Waals surface area (Å²) >= 11 is 0. The number of carbonyl (C=O) groups excluding carboxylic acids is 1. The predicted octanol–water partition coefficient (Wildman–Crippen LogP) is 3.52. The molecular formula is C30H40FN5O4S. The predicted molar refractivity (Wildman–Crippen MR) is 160 cm³/mol. The second-order valence-electron chi connectivity index (χ2n) is 12.5. The van der Waals surface area contributed by atoms with Crippen LogP contribution in [0.3, 0.4) is 0 Å². The summed E-state index contributed by atoms with van der Waals surface area (Å²) in [6.07, 6.45) is 5.85. The summed E-state index contributed by atoms with van der Waals surface area (Å²) in [5, 5.41) is 12.2. The number of nitrogens with zero attached hydrogens (tertiary/aromatic N) is 3. The third-order valence-electron chi connectivity index (χ3n) is 9.35. The highest BCUT2D eigenvalue weighted by molar-refractivity contribution is 7.89. The Hall–Kier alpha value is -2.89. The molecule has 1 saturated carbocycles. The van der Waals surface area contributed by atoms with E-state index in [4.69, 9.17) is 5.11 Å². The summed E-state index contributed by atoms with van der Waals surface area (Å²) in [5.41, 5.74) is 3.93. The molecule has 0 bridgehead atoms. The van der Waals surface area contributed by atoms with Gasteiger partial charge in [0, 0.05) is 51.8 Å². The number of halogens is 1. The lowest BCUT2D eigenvalue weighted by molar-refractivity contribution is 0.102. The first kappa shape index (κ1) is 28.2. The molecule has 3 heterocycles. The molecule has 11 heteroatoms. The van der Waals surface area contributed by atoms with Crippen LogP contribution in [0.1, 0.15) is 54.9 Å². The van der Waals surface area contributed by atoms with Crippen molar-refractivity contribution < 1.29 is 22.7 Å². The number of nitrogens with one attached hydrogen (secondary N) is 2. The summed E-state index contributed by atoms with van der Waals surface area (Å²) < 4.78 is 43.0. The number of alkyl halides is 1. The second-order valence-corrected chi connectivity index (χ2v) is 14.3. The van der Waals surface area contributed by atoms with Crippen LogP contribution in [0.2, 0.25) is 0 Å². The number of amides is 1.